The number of rotatable bonds is 6. The Bertz CT molecular complexity index is 487. The van der Waals surface area contributed by atoms with Crippen LogP contribution in [0.15, 0.2) is 16.8 Å². The molecule has 116 valence electrons. The summed E-state index contributed by atoms with van der Waals surface area (Å²) < 4.78 is 0. The molecule has 1 aliphatic rings. The number of carbonyl (C=O) groups is 2. The van der Waals surface area contributed by atoms with Gasteiger partial charge in [-0.3, -0.25) is 9.59 Å². The number of likely N-dealkylation sites (tertiary alicyclic amines) is 1. The summed E-state index contributed by atoms with van der Waals surface area (Å²) in [4.78, 5) is 27.8. The fraction of sp³-hybridized carbons (Fsp3) is 0.600. The maximum Gasteiger partial charge on any atom is 0.225 e. The summed E-state index contributed by atoms with van der Waals surface area (Å²) in [5.74, 6) is -0.135. The molecule has 0 unspecified atom stereocenters. The van der Waals surface area contributed by atoms with Crippen molar-refractivity contribution >= 4 is 23.2 Å². The Balaban J connectivity index is 1.90. The van der Waals surface area contributed by atoms with E-state index >= 15 is 0 Å². The maximum atomic E-state index is 12.2. The molecule has 0 aromatic carbocycles. The van der Waals surface area contributed by atoms with Gasteiger partial charge in [-0.2, -0.15) is 11.3 Å². The van der Waals surface area contributed by atoms with Crippen molar-refractivity contribution in [2.24, 2.45) is 5.92 Å². The summed E-state index contributed by atoms with van der Waals surface area (Å²) in [5, 5.41) is 7.15. The molecule has 21 heavy (non-hydrogen) atoms. The van der Waals surface area contributed by atoms with Gasteiger partial charge in [0.2, 0.25) is 11.8 Å². The van der Waals surface area contributed by atoms with Crippen molar-refractivity contribution in [2.45, 2.75) is 19.4 Å². The normalized spacial score (nSPS) is 20.1. The molecule has 5 nitrogen and oxygen atoms in total. The van der Waals surface area contributed by atoms with Gasteiger partial charge in [0.15, 0.2) is 0 Å². The average molecular weight is 309 g/mol. The van der Waals surface area contributed by atoms with Crippen LogP contribution in [0.3, 0.4) is 0 Å². The highest BCUT2D eigenvalue weighted by atomic mass is 32.1. The third-order valence-electron chi connectivity index (χ3n) is 3.99. The van der Waals surface area contributed by atoms with E-state index in [0.29, 0.717) is 26.1 Å². The molecule has 0 saturated carbocycles. The number of nitrogens with one attached hydrogen (secondary N) is 1. The predicted octanol–water partition coefficient (Wildman–Crippen LogP) is 1.34. The van der Waals surface area contributed by atoms with Gasteiger partial charge >= 0.3 is 0 Å². The largest absolute Gasteiger partial charge is 0.354 e. The Hall–Kier alpha value is -1.40. The number of carbonyl (C=O) groups excluding carboxylic acids is 2. The van der Waals surface area contributed by atoms with Crippen LogP contribution in [0.25, 0.3) is 0 Å². The molecule has 2 rings (SSSR count). The highest BCUT2D eigenvalue weighted by Gasteiger charge is 2.33. The van der Waals surface area contributed by atoms with Gasteiger partial charge in [-0.05, 0) is 43.4 Å². The first-order valence-electron chi connectivity index (χ1n) is 7.27. The minimum absolute atomic E-state index is 0.0126. The van der Waals surface area contributed by atoms with Crippen molar-refractivity contribution in [1.82, 2.24) is 15.1 Å². The van der Waals surface area contributed by atoms with Crippen LogP contribution in [0, 0.1) is 5.92 Å². The lowest BCUT2D eigenvalue weighted by molar-refractivity contribution is -0.128. The molecule has 2 amide bonds. The van der Waals surface area contributed by atoms with Crippen LogP contribution in [0.5, 0.6) is 0 Å². The second kappa shape index (κ2) is 7.04. The van der Waals surface area contributed by atoms with Crippen molar-refractivity contribution in [1.29, 1.82) is 0 Å². The minimum Gasteiger partial charge on any atom is -0.354 e. The molecule has 6 heteroatoms. The quantitative estimate of drug-likeness (QED) is 0.863. The number of thiophene rings is 1. The molecule has 1 saturated heterocycles. The van der Waals surface area contributed by atoms with Crippen molar-refractivity contribution in [3.8, 4) is 0 Å². The van der Waals surface area contributed by atoms with Crippen molar-refractivity contribution in [3.05, 3.63) is 22.4 Å². The van der Waals surface area contributed by atoms with Crippen molar-refractivity contribution < 1.29 is 9.59 Å². The Morgan fingerprint density at radius 2 is 2.33 bits per heavy atom. The third-order valence-corrected chi connectivity index (χ3v) is 4.69. The Labute approximate surface area is 129 Å². The van der Waals surface area contributed by atoms with E-state index in [-0.39, 0.29) is 23.8 Å². The zero-order valence-electron chi connectivity index (χ0n) is 12.8. The van der Waals surface area contributed by atoms with E-state index in [0.717, 1.165) is 0 Å². The second-order valence-electron chi connectivity index (χ2n) is 5.61. The maximum absolute atomic E-state index is 12.2. The lowest BCUT2D eigenvalue weighted by Gasteiger charge is -2.24. The van der Waals surface area contributed by atoms with Gasteiger partial charge < -0.3 is 15.1 Å². The SMILES string of the molecule is CCN1C[C@@H](C(=O)NC[C@@H](c2ccsc2)N(C)C)CC1=O. The molecule has 0 spiro atoms. The molecule has 2 atom stereocenters. The molecular formula is C15H23N3O2S. The number of likely N-dealkylation sites (N-methyl/N-ethyl adjacent to an activating group) is 1. The first kappa shape index (κ1) is 16.0. The smallest absolute Gasteiger partial charge is 0.225 e. The highest BCUT2D eigenvalue weighted by molar-refractivity contribution is 7.07. The summed E-state index contributed by atoms with van der Waals surface area (Å²) >= 11 is 1.66. The molecule has 0 bridgehead atoms. The molecule has 2 heterocycles. The summed E-state index contributed by atoms with van der Waals surface area (Å²) in [6.45, 7) is 3.74. The molecule has 1 aromatic rings. The first-order chi connectivity index (χ1) is 10.0. The van der Waals surface area contributed by atoms with E-state index in [2.05, 4.69) is 21.7 Å². The monoisotopic (exact) mass is 309 g/mol. The zero-order chi connectivity index (χ0) is 15.4. The van der Waals surface area contributed by atoms with E-state index < -0.39 is 0 Å². The Morgan fingerprint density at radius 3 is 2.86 bits per heavy atom. The van der Waals surface area contributed by atoms with Crippen LogP contribution in [0.1, 0.15) is 24.9 Å². The van der Waals surface area contributed by atoms with Gasteiger partial charge in [0.1, 0.15) is 0 Å². The van der Waals surface area contributed by atoms with Gasteiger partial charge in [0, 0.05) is 26.1 Å². The lowest BCUT2D eigenvalue weighted by atomic mass is 10.1. The fourth-order valence-corrected chi connectivity index (χ4v) is 3.37. The molecule has 0 radical (unpaired) electrons. The van der Waals surface area contributed by atoms with Crippen molar-refractivity contribution in [2.75, 3.05) is 33.7 Å². The highest BCUT2D eigenvalue weighted by Crippen LogP contribution is 2.21. The molecule has 1 aliphatic heterocycles. The fourth-order valence-electron chi connectivity index (χ4n) is 2.66. The molecule has 1 aromatic heterocycles. The summed E-state index contributed by atoms with van der Waals surface area (Å²) in [6, 6.07) is 2.25. The number of hydrogen-bond donors (Lipinski definition) is 1. The van der Waals surface area contributed by atoms with Gasteiger partial charge in [-0.1, -0.05) is 0 Å². The summed E-state index contributed by atoms with van der Waals surface area (Å²) in [6.07, 6.45) is 0.338. The van der Waals surface area contributed by atoms with Gasteiger partial charge in [0.05, 0.1) is 12.0 Å². The van der Waals surface area contributed by atoms with E-state index in [1.54, 1.807) is 16.2 Å². The van der Waals surface area contributed by atoms with Gasteiger partial charge in [-0.25, -0.2) is 0 Å². The Kier molecular flexibility index (Phi) is 5.36. The minimum atomic E-state index is -0.206. The Morgan fingerprint density at radius 1 is 1.57 bits per heavy atom. The number of hydrogen-bond acceptors (Lipinski definition) is 4. The average Bonchev–Trinajstić information content (AvgIpc) is 3.07. The van der Waals surface area contributed by atoms with Crippen molar-refractivity contribution in [3.63, 3.8) is 0 Å². The predicted molar refractivity (Wildman–Crippen MR) is 84.1 cm³/mol. The van der Waals surface area contributed by atoms with Crippen LogP contribution in [0.4, 0.5) is 0 Å². The van der Waals surface area contributed by atoms with Crippen LogP contribution >= 0.6 is 11.3 Å². The molecular weight excluding hydrogens is 286 g/mol. The third kappa shape index (κ3) is 3.83. The van der Waals surface area contributed by atoms with E-state index in [1.807, 2.05) is 26.4 Å². The van der Waals surface area contributed by atoms with Crippen LogP contribution in [-0.4, -0.2) is 55.3 Å². The molecule has 1 N–H and O–H groups in total. The van der Waals surface area contributed by atoms with E-state index in [1.165, 1.54) is 5.56 Å². The summed E-state index contributed by atoms with van der Waals surface area (Å²) in [5.41, 5.74) is 1.21. The van der Waals surface area contributed by atoms with Gasteiger partial charge in [-0.15, -0.1) is 0 Å². The van der Waals surface area contributed by atoms with Crippen LogP contribution in [0.2, 0.25) is 0 Å². The van der Waals surface area contributed by atoms with Crippen LogP contribution < -0.4 is 5.32 Å². The van der Waals surface area contributed by atoms with Crippen LogP contribution in [-0.2, 0) is 9.59 Å². The zero-order valence-corrected chi connectivity index (χ0v) is 13.7. The first-order valence-corrected chi connectivity index (χ1v) is 8.21. The number of amides is 2. The second-order valence-corrected chi connectivity index (χ2v) is 6.39. The summed E-state index contributed by atoms with van der Waals surface area (Å²) in [7, 11) is 4.01. The van der Waals surface area contributed by atoms with Gasteiger partial charge in [0.25, 0.3) is 0 Å². The van der Waals surface area contributed by atoms with E-state index in [9.17, 15) is 9.59 Å². The standard InChI is InChI=1S/C15H23N3O2S/c1-4-18-9-12(7-14(18)19)15(20)16-8-13(17(2)3)11-5-6-21-10-11/h5-6,10,12-13H,4,7-9H2,1-3H3,(H,16,20)/t12-,13-/m0/s1. The lowest BCUT2D eigenvalue weighted by Crippen LogP contribution is -2.38. The topological polar surface area (TPSA) is 52.7 Å². The molecule has 1 fully saturated rings. The van der Waals surface area contributed by atoms with E-state index in [4.69, 9.17) is 0 Å². The number of nitrogens with zero attached hydrogens (tertiary/aromatic N) is 2. The molecule has 0 aliphatic carbocycles.